The van der Waals surface area contributed by atoms with Crippen molar-refractivity contribution in [2.75, 3.05) is 13.2 Å². The number of furan rings is 1. The molecule has 4 aromatic rings. The Labute approximate surface area is 181 Å². The molecule has 2 aromatic carbocycles. The van der Waals surface area contributed by atoms with Crippen LogP contribution in [-0.2, 0) is 0 Å². The van der Waals surface area contributed by atoms with E-state index in [1.165, 1.54) is 11.3 Å². The van der Waals surface area contributed by atoms with Gasteiger partial charge in [-0.1, -0.05) is 18.2 Å². The third kappa shape index (κ3) is 3.62. The predicted octanol–water partition coefficient (Wildman–Crippen LogP) is 4.32. The lowest BCUT2D eigenvalue weighted by atomic mass is 10.1. The zero-order valence-electron chi connectivity index (χ0n) is 16.6. The summed E-state index contributed by atoms with van der Waals surface area (Å²) >= 11 is 1.32. The Morgan fingerprint density at radius 3 is 2.52 bits per heavy atom. The SMILES string of the molecule is Cc1c(C(=O)NNC(=O)c2ccc(-c3ccc4c(c3)OCCO4)s2)oc2ccccc12. The Kier molecular flexibility index (Phi) is 4.83. The summed E-state index contributed by atoms with van der Waals surface area (Å²) in [6.45, 7) is 2.86. The minimum absolute atomic E-state index is 0.171. The van der Waals surface area contributed by atoms with Crippen LogP contribution in [0.5, 0.6) is 11.5 Å². The van der Waals surface area contributed by atoms with Crippen LogP contribution in [0.1, 0.15) is 25.8 Å². The highest BCUT2D eigenvalue weighted by Gasteiger charge is 2.19. The molecule has 3 heterocycles. The molecule has 7 nitrogen and oxygen atoms in total. The van der Waals surface area contributed by atoms with E-state index in [-0.39, 0.29) is 5.76 Å². The van der Waals surface area contributed by atoms with Crippen LogP contribution in [0.15, 0.2) is 59.0 Å². The number of hydrogen-bond donors (Lipinski definition) is 2. The van der Waals surface area contributed by atoms with E-state index in [1.807, 2.05) is 42.5 Å². The van der Waals surface area contributed by atoms with Crippen molar-refractivity contribution in [2.45, 2.75) is 6.92 Å². The topological polar surface area (TPSA) is 89.8 Å². The number of fused-ring (bicyclic) bond motifs is 2. The monoisotopic (exact) mass is 434 g/mol. The van der Waals surface area contributed by atoms with Crippen LogP contribution in [0.4, 0.5) is 0 Å². The molecule has 0 radical (unpaired) electrons. The molecular weight excluding hydrogens is 416 g/mol. The average molecular weight is 434 g/mol. The molecule has 5 rings (SSSR count). The van der Waals surface area contributed by atoms with Crippen LogP contribution in [0.3, 0.4) is 0 Å². The first kappa shape index (κ1) is 19.2. The van der Waals surface area contributed by atoms with Crippen molar-refractivity contribution in [3.8, 4) is 21.9 Å². The van der Waals surface area contributed by atoms with E-state index in [4.69, 9.17) is 13.9 Å². The number of para-hydroxylation sites is 1. The molecule has 2 N–H and O–H groups in total. The van der Waals surface area contributed by atoms with Crippen molar-refractivity contribution >= 4 is 34.1 Å². The summed E-state index contributed by atoms with van der Waals surface area (Å²) < 4.78 is 16.8. The minimum atomic E-state index is -0.509. The maximum atomic E-state index is 12.5. The number of thiophene rings is 1. The molecule has 156 valence electrons. The van der Waals surface area contributed by atoms with Crippen molar-refractivity contribution in [1.29, 1.82) is 0 Å². The molecule has 8 heteroatoms. The van der Waals surface area contributed by atoms with E-state index < -0.39 is 11.8 Å². The van der Waals surface area contributed by atoms with Gasteiger partial charge in [0.1, 0.15) is 18.8 Å². The van der Waals surface area contributed by atoms with Crippen LogP contribution < -0.4 is 20.3 Å². The van der Waals surface area contributed by atoms with Gasteiger partial charge in [-0.3, -0.25) is 20.4 Å². The lowest BCUT2D eigenvalue weighted by molar-refractivity contribution is 0.0833. The molecule has 0 unspecified atom stereocenters. The molecule has 0 spiro atoms. The summed E-state index contributed by atoms with van der Waals surface area (Å²) in [6.07, 6.45) is 0. The highest BCUT2D eigenvalue weighted by molar-refractivity contribution is 7.17. The summed E-state index contributed by atoms with van der Waals surface area (Å²) in [5.41, 5.74) is 7.15. The summed E-state index contributed by atoms with van der Waals surface area (Å²) in [4.78, 5) is 26.4. The van der Waals surface area contributed by atoms with Crippen molar-refractivity contribution < 1.29 is 23.5 Å². The highest BCUT2D eigenvalue weighted by Crippen LogP contribution is 2.36. The summed E-state index contributed by atoms with van der Waals surface area (Å²) in [5, 5.41) is 0.862. The Morgan fingerprint density at radius 1 is 0.903 bits per heavy atom. The maximum absolute atomic E-state index is 12.5. The second-order valence-corrected chi connectivity index (χ2v) is 8.07. The van der Waals surface area contributed by atoms with Gasteiger partial charge in [0.25, 0.3) is 5.91 Å². The van der Waals surface area contributed by atoms with Crippen molar-refractivity contribution in [3.63, 3.8) is 0 Å². The van der Waals surface area contributed by atoms with Gasteiger partial charge in [0.05, 0.1) is 4.88 Å². The number of benzene rings is 2. The van der Waals surface area contributed by atoms with E-state index in [0.29, 0.717) is 35.2 Å². The fraction of sp³-hybridized carbons (Fsp3) is 0.130. The van der Waals surface area contributed by atoms with Gasteiger partial charge in [-0.2, -0.15) is 0 Å². The number of carbonyl (C=O) groups is 2. The van der Waals surface area contributed by atoms with E-state index in [2.05, 4.69) is 10.9 Å². The number of nitrogens with one attached hydrogen (secondary N) is 2. The van der Waals surface area contributed by atoms with Gasteiger partial charge < -0.3 is 13.9 Å². The molecule has 0 aliphatic carbocycles. The minimum Gasteiger partial charge on any atom is -0.486 e. The van der Waals surface area contributed by atoms with Crippen molar-refractivity contribution in [2.24, 2.45) is 0 Å². The van der Waals surface area contributed by atoms with Gasteiger partial charge in [0, 0.05) is 15.8 Å². The first-order valence-electron chi connectivity index (χ1n) is 9.69. The lowest BCUT2D eigenvalue weighted by Gasteiger charge is -2.18. The molecule has 0 atom stereocenters. The highest BCUT2D eigenvalue weighted by atomic mass is 32.1. The van der Waals surface area contributed by atoms with Gasteiger partial charge in [-0.05, 0) is 48.9 Å². The first-order chi connectivity index (χ1) is 15.1. The molecule has 0 bridgehead atoms. The number of amides is 2. The molecule has 31 heavy (non-hydrogen) atoms. The average Bonchev–Trinajstić information content (AvgIpc) is 3.43. The Balaban J connectivity index is 1.27. The maximum Gasteiger partial charge on any atom is 0.305 e. The zero-order valence-corrected chi connectivity index (χ0v) is 17.4. The molecule has 0 saturated heterocycles. The van der Waals surface area contributed by atoms with Crippen molar-refractivity contribution in [3.05, 3.63) is 70.8 Å². The zero-order chi connectivity index (χ0) is 21.4. The van der Waals surface area contributed by atoms with Crippen molar-refractivity contribution in [1.82, 2.24) is 10.9 Å². The molecule has 0 saturated carbocycles. The van der Waals surface area contributed by atoms with Gasteiger partial charge in [0.2, 0.25) is 0 Å². The summed E-state index contributed by atoms with van der Waals surface area (Å²) in [7, 11) is 0. The quantitative estimate of drug-likeness (QED) is 0.469. The Morgan fingerprint density at radius 2 is 1.68 bits per heavy atom. The molecule has 1 aliphatic heterocycles. The van der Waals surface area contributed by atoms with E-state index in [0.717, 1.165) is 21.4 Å². The van der Waals surface area contributed by atoms with Gasteiger partial charge in [-0.15, -0.1) is 11.3 Å². The standard InChI is InChI=1S/C23H18N2O5S/c1-13-15-4-2-3-5-16(15)30-21(13)23(27)25-24-22(26)20-9-8-19(31-20)14-6-7-17-18(12-14)29-11-10-28-17/h2-9,12H,10-11H2,1H3,(H,24,26)(H,25,27). The number of rotatable bonds is 3. The number of aryl methyl sites for hydroxylation is 1. The number of carbonyl (C=O) groups excluding carboxylic acids is 2. The van der Waals surface area contributed by atoms with Crippen LogP contribution >= 0.6 is 11.3 Å². The summed E-state index contributed by atoms with van der Waals surface area (Å²) in [6, 6.07) is 16.6. The Bertz CT molecular complexity index is 1310. The normalized spacial score (nSPS) is 12.5. The van der Waals surface area contributed by atoms with E-state index in [9.17, 15) is 9.59 Å². The molecule has 2 aromatic heterocycles. The number of hydrazine groups is 1. The first-order valence-corrected chi connectivity index (χ1v) is 10.5. The Hall–Kier alpha value is -3.78. The molecular formula is C23H18N2O5S. The van der Waals surface area contributed by atoms with Gasteiger partial charge in [-0.25, -0.2) is 0 Å². The second kappa shape index (κ2) is 7.81. The van der Waals surface area contributed by atoms with Crippen LogP contribution in [0, 0.1) is 6.92 Å². The van der Waals surface area contributed by atoms with Gasteiger partial charge in [0.15, 0.2) is 17.3 Å². The lowest BCUT2D eigenvalue weighted by Crippen LogP contribution is -2.41. The predicted molar refractivity (Wildman–Crippen MR) is 117 cm³/mol. The second-order valence-electron chi connectivity index (χ2n) is 6.98. The largest absolute Gasteiger partial charge is 0.486 e. The number of ether oxygens (including phenoxy) is 2. The number of hydrogen-bond acceptors (Lipinski definition) is 6. The van der Waals surface area contributed by atoms with E-state index >= 15 is 0 Å². The fourth-order valence-electron chi connectivity index (χ4n) is 3.43. The van der Waals surface area contributed by atoms with Gasteiger partial charge >= 0.3 is 5.91 Å². The molecule has 1 aliphatic rings. The van der Waals surface area contributed by atoms with Crippen LogP contribution in [0.2, 0.25) is 0 Å². The van der Waals surface area contributed by atoms with E-state index in [1.54, 1.807) is 19.1 Å². The third-order valence-electron chi connectivity index (χ3n) is 5.00. The molecule has 2 amide bonds. The van der Waals surface area contributed by atoms with Crippen LogP contribution in [0.25, 0.3) is 21.4 Å². The smallest absolute Gasteiger partial charge is 0.305 e. The summed E-state index contributed by atoms with van der Waals surface area (Å²) in [5.74, 6) is 0.663. The fourth-order valence-corrected chi connectivity index (χ4v) is 4.33. The van der Waals surface area contributed by atoms with Crippen LogP contribution in [-0.4, -0.2) is 25.0 Å². The molecule has 0 fully saturated rings. The third-order valence-corrected chi connectivity index (χ3v) is 6.13.